The van der Waals surface area contributed by atoms with Crippen molar-refractivity contribution < 1.29 is 8.97 Å². The molecule has 23 heavy (non-hydrogen) atoms. The van der Waals surface area contributed by atoms with Crippen LogP contribution in [0.25, 0.3) is 0 Å². The van der Waals surface area contributed by atoms with E-state index in [9.17, 15) is 0 Å². The van der Waals surface area contributed by atoms with Crippen molar-refractivity contribution in [2.45, 2.75) is 84.5 Å². The van der Waals surface area contributed by atoms with E-state index in [1.54, 1.807) is 0 Å². The molecule has 2 rings (SSSR count). The van der Waals surface area contributed by atoms with Crippen molar-refractivity contribution in [2.24, 2.45) is 0 Å². The molecule has 0 N–H and O–H groups in total. The number of hydrogen-bond acceptors (Lipinski definition) is 0. The van der Waals surface area contributed by atoms with Crippen molar-refractivity contribution in [2.75, 3.05) is 52.4 Å². The fourth-order valence-electron chi connectivity index (χ4n) is 5.21. The summed E-state index contributed by atoms with van der Waals surface area (Å²) in [5.41, 5.74) is 0. The minimum Gasteiger partial charge on any atom is -0.323 e. The van der Waals surface area contributed by atoms with Crippen LogP contribution in [-0.2, 0) is 0 Å². The predicted molar refractivity (Wildman–Crippen MR) is 102 cm³/mol. The zero-order valence-corrected chi connectivity index (χ0v) is 16.3. The second-order valence-corrected chi connectivity index (χ2v) is 8.65. The van der Waals surface area contributed by atoms with E-state index < -0.39 is 0 Å². The van der Waals surface area contributed by atoms with E-state index in [0.29, 0.717) is 0 Å². The molecule has 0 aromatic heterocycles. The summed E-state index contributed by atoms with van der Waals surface area (Å²) >= 11 is 0. The molecule has 0 saturated carbocycles. The highest BCUT2D eigenvalue weighted by Crippen LogP contribution is 2.24. The summed E-state index contributed by atoms with van der Waals surface area (Å²) < 4.78 is 2.95. The Bertz CT molecular complexity index is 271. The molecular weight excluding hydrogens is 280 g/mol. The van der Waals surface area contributed by atoms with Gasteiger partial charge >= 0.3 is 0 Å². The Morgan fingerprint density at radius 3 is 1.17 bits per heavy atom. The first-order valence-corrected chi connectivity index (χ1v) is 10.9. The highest BCUT2D eigenvalue weighted by molar-refractivity contribution is 4.58. The Morgan fingerprint density at radius 2 is 0.826 bits per heavy atom. The molecule has 0 bridgehead atoms. The maximum absolute atomic E-state index is 2.36. The maximum atomic E-state index is 2.36. The monoisotopic (exact) mass is 324 g/mol. The molecule has 2 nitrogen and oxygen atoms in total. The molecule has 0 amide bonds. The highest BCUT2D eigenvalue weighted by Gasteiger charge is 2.33. The Labute approximate surface area is 146 Å². The van der Waals surface area contributed by atoms with Gasteiger partial charge in [0.05, 0.1) is 52.4 Å². The topological polar surface area (TPSA) is 0 Å². The molecule has 136 valence electrons. The van der Waals surface area contributed by atoms with Gasteiger partial charge in [0.2, 0.25) is 0 Å². The van der Waals surface area contributed by atoms with Crippen molar-refractivity contribution in [3.05, 3.63) is 0 Å². The van der Waals surface area contributed by atoms with Crippen molar-refractivity contribution in [3.63, 3.8) is 0 Å². The summed E-state index contributed by atoms with van der Waals surface area (Å²) in [6.45, 7) is 16.5. The molecule has 0 atom stereocenters. The number of unbranched alkanes of at least 4 members (excludes halogenated alkanes) is 2. The minimum atomic E-state index is 1.37. The summed E-state index contributed by atoms with van der Waals surface area (Å²) in [7, 11) is 0. The second-order valence-electron chi connectivity index (χ2n) is 8.65. The van der Waals surface area contributed by atoms with Crippen molar-refractivity contribution in [1.82, 2.24) is 0 Å². The highest BCUT2D eigenvalue weighted by atomic mass is 15.4. The third-order valence-corrected chi connectivity index (χ3v) is 6.77. The van der Waals surface area contributed by atoms with Crippen LogP contribution in [0, 0.1) is 0 Å². The molecule has 2 saturated heterocycles. The molecule has 0 spiro atoms. The van der Waals surface area contributed by atoms with Gasteiger partial charge in [0.15, 0.2) is 0 Å². The largest absolute Gasteiger partial charge is 0.323 e. The summed E-state index contributed by atoms with van der Waals surface area (Å²) in [5.74, 6) is 0. The van der Waals surface area contributed by atoms with Crippen LogP contribution < -0.4 is 0 Å². The van der Waals surface area contributed by atoms with Gasteiger partial charge in [-0.15, -0.1) is 0 Å². The third kappa shape index (κ3) is 6.05. The SMILES string of the molecule is CCCC[N+]1(CCC[N+]2(CCCC)CCCCC2)CCCCC1. The molecule has 0 aromatic carbocycles. The van der Waals surface area contributed by atoms with E-state index in [1.807, 2.05) is 0 Å². The third-order valence-electron chi connectivity index (χ3n) is 6.77. The number of hydrogen-bond donors (Lipinski definition) is 0. The van der Waals surface area contributed by atoms with E-state index in [1.165, 1.54) is 132 Å². The normalized spacial score (nSPS) is 23.7. The lowest BCUT2D eigenvalue weighted by Crippen LogP contribution is -2.56. The van der Waals surface area contributed by atoms with Gasteiger partial charge in [-0.3, -0.25) is 0 Å². The smallest absolute Gasteiger partial charge is 0.0841 e. The summed E-state index contributed by atoms with van der Waals surface area (Å²) in [6, 6.07) is 0. The van der Waals surface area contributed by atoms with Gasteiger partial charge in [0.1, 0.15) is 0 Å². The maximum Gasteiger partial charge on any atom is 0.0841 e. The molecule has 0 aromatic rings. The number of nitrogens with zero attached hydrogens (tertiary/aromatic N) is 2. The van der Waals surface area contributed by atoms with E-state index >= 15 is 0 Å². The quantitative estimate of drug-likeness (QED) is 0.497. The van der Waals surface area contributed by atoms with Gasteiger partial charge in [0.25, 0.3) is 0 Å². The zero-order chi connectivity index (χ0) is 16.4. The second kappa shape index (κ2) is 10.0. The Kier molecular flexibility index (Phi) is 8.40. The van der Waals surface area contributed by atoms with Gasteiger partial charge in [0, 0.05) is 6.42 Å². The van der Waals surface area contributed by atoms with Crippen molar-refractivity contribution in [1.29, 1.82) is 0 Å². The van der Waals surface area contributed by atoms with Crippen LogP contribution in [0.15, 0.2) is 0 Å². The average Bonchev–Trinajstić information content (AvgIpc) is 2.60. The first kappa shape index (κ1) is 19.2. The Hall–Kier alpha value is -0.0800. The van der Waals surface area contributed by atoms with E-state index in [-0.39, 0.29) is 0 Å². The van der Waals surface area contributed by atoms with Crippen LogP contribution >= 0.6 is 0 Å². The van der Waals surface area contributed by atoms with Crippen molar-refractivity contribution in [3.8, 4) is 0 Å². The lowest BCUT2D eigenvalue weighted by atomic mass is 10.0. The van der Waals surface area contributed by atoms with Crippen LogP contribution in [0.1, 0.15) is 84.5 Å². The van der Waals surface area contributed by atoms with Crippen LogP contribution in [0.5, 0.6) is 0 Å². The molecule has 0 aliphatic carbocycles. The average molecular weight is 325 g/mol. The van der Waals surface area contributed by atoms with Gasteiger partial charge in [-0.25, -0.2) is 0 Å². The lowest BCUT2D eigenvalue weighted by molar-refractivity contribution is -0.950. The summed E-state index contributed by atoms with van der Waals surface area (Å²) in [6.07, 6.45) is 16.0. The summed E-state index contributed by atoms with van der Waals surface area (Å²) in [4.78, 5) is 0. The number of piperidine rings is 2. The predicted octanol–water partition coefficient (Wildman–Crippen LogP) is 4.98. The van der Waals surface area contributed by atoms with Gasteiger partial charge in [-0.2, -0.15) is 0 Å². The zero-order valence-electron chi connectivity index (χ0n) is 16.3. The number of likely N-dealkylation sites (tertiary alicyclic amines) is 2. The molecule has 2 heteroatoms. The van der Waals surface area contributed by atoms with Gasteiger partial charge in [-0.05, 0) is 51.4 Å². The minimum absolute atomic E-state index is 1.37. The van der Waals surface area contributed by atoms with E-state index in [2.05, 4.69) is 13.8 Å². The van der Waals surface area contributed by atoms with E-state index in [0.717, 1.165) is 0 Å². The Balaban J connectivity index is 1.85. The molecule has 0 radical (unpaired) electrons. The molecule has 2 heterocycles. The standard InChI is InChI=1S/C21H44N2/c1-3-5-14-22(16-9-7-10-17-22)20-13-21-23(15-6-4-2)18-11-8-12-19-23/h3-21H2,1-2H3/q+2. The molecular formula is C21H44N2+2. The molecule has 2 aliphatic heterocycles. The molecule has 0 unspecified atom stereocenters. The first-order valence-electron chi connectivity index (χ1n) is 10.9. The van der Waals surface area contributed by atoms with Crippen molar-refractivity contribution >= 4 is 0 Å². The van der Waals surface area contributed by atoms with Gasteiger partial charge < -0.3 is 8.97 Å². The molecule has 2 aliphatic rings. The van der Waals surface area contributed by atoms with Crippen LogP contribution in [0.4, 0.5) is 0 Å². The van der Waals surface area contributed by atoms with Crippen LogP contribution in [-0.4, -0.2) is 61.3 Å². The first-order chi connectivity index (χ1) is 11.2. The number of rotatable bonds is 10. The number of quaternary nitrogens is 2. The van der Waals surface area contributed by atoms with Crippen LogP contribution in [0.2, 0.25) is 0 Å². The lowest BCUT2D eigenvalue weighted by Gasteiger charge is -2.45. The Morgan fingerprint density at radius 1 is 0.478 bits per heavy atom. The fraction of sp³-hybridized carbons (Fsp3) is 1.00. The molecule has 2 fully saturated rings. The summed E-state index contributed by atoms with van der Waals surface area (Å²) in [5, 5.41) is 0. The fourth-order valence-corrected chi connectivity index (χ4v) is 5.21. The van der Waals surface area contributed by atoms with E-state index in [4.69, 9.17) is 0 Å². The van der Waals surface area contributed by atoms with Gasteiger partial charge in [-0.1, -0.05) is 26.7 Å². The van der Waals surface area contributed by atoms with Crippen LogP contribution in [0.3, 0.4) is 0 Å².